The first-order valence-corrected chi connectivity index (χ1v) is 7.51. The first-order chi connectivity index (χ1) is 9.78. The molecule has 0 aliphatic carbocycles. The third kappa shape index (κ3) is 2.56. The van der Waals surface area contributed by atoms with E-state index < -0.39 is 0 Å². The maximum atomic E-state index is 4.11. The molecule has 1 atom stereocenters. The van der Waals surface area contributed by atoms with Gasteiger partial charge in [-0.1, -0.05) is 41.1 Å². The molecular weight excluding hydrogens is 314 g/mol. The summed E-state index contributed by atoms with van der Waals surface area (Å²) in [5, 5.41) is 11.9. The molecule has 0 fully saturated rings. The summed E-state index contributed by atoms with van der Waals surface area (Å²) in [5.74, 6) is 0. The van der Waals surface area contributed by atoms with E-state index >= 15 is 0 Å². The van der Waals surface area contributed by atoms with Crippen LogP contribution in [-0.4, -0.2) is 10.2 Å². The van der Waals surface area contributed by atoms with Crippen LogP contribution in [0.25, 0.3) is 10.9 Å². The van der Waals surface area contributed by atoms with E-state index in [1.54, 1.807) is 0 Å². The largest absolute Gasteiger partial charge is 0.378 e. The lowest BCUT2D eigenvalue weighted by Gasteiger charge is -2.19. The molecule has 0 aliphatic heterocycles. The number of H-pyrrole nitrogens is 1. The Balaban J connectivity index is 1.93. The van der Waals surface area contributed by atoms with Crippen molar-refractivity contribution in [2.45, 2.75) is 19.4 Å². The van der Waals surface area contributed by atoms with Crippen LogP contribution in [0.1, 0.15) is 24.9 Å². The minimum absolute atomic E-state index is 0.285. The van der Waals surface area contributed by atoms with E-state index in [2.05, 4.69) is 62.6 Å². The van der Waals surface area contributed by atoms with Crippen LogP contribution in [0.5, 0.6) is 0 Å². The fraction of sp³-hybridized carbons (Fsp3) is 0.188. The van der Waals surface area contributed by atoms with Gasteiger partial charge in [0.15, 0.2) is 0 Å². The molecule has 0 spiro atoms. The van der Waals surface area contributed by atoms with Gasteiger partial charge in [-0.25, -0.2) is 0 Å². The van der Waals surface area contributed by atoms with Gasteiger partial charge in [0.05, 0.1) is 17.8 Å². The summed E-state index contributed by atoms with van der Waals surface area (Å²) in [6.45, 7) is 2.19. The molecule has 4 heteroatoms. The molecule has 1 aromatic heterocycles. The lowest BCUT2D eigenvalue weighted by Crippen LogP contribution is -2.09. The summed E-state index contributed by atoms with van der Waals surface area (Å²) in [4.78, 5) is 0. The molecule has 102 valence electrons. The van der Waals surface area contributed by atoms with Crippen molar-refractivity contribution in [1.29, 1.82) is 0 Å². The van der Waals surface area contributed by atoms with Crippen molar-refractivity contribution in [2.24, 2.45) is 0 Å². The fourth-order valence-corrected chi connectivity index (χ4v) is 2.84. The van der Waals surface area contributed by atoms with Crippen molar-refractivity contribution in [3.8, 4) is 0 Å². The Kier molecular flexibility index (Phi) is 3.74. The van der Waals surface area contributed by atoms with E-state index in [0.717, 1.165) is 27.5 Å². The Labute approximate surface area is 126 Å². The number of anilines is 1. The van der Waals surface area contributed by atoms with Gasteiger partial charge in [-0.15, -0.1) is 0 Å². The van der Waals surface area contributed by atoms with E-state index in [-0.39, 0.29) is 6.04 Å². The smallest absolute Gasteiger partial charge is 0.0671 e. The molecular formula is C16H16BrN3. The van der Waals surface area contributed by atoms with Gasteiger partial charge in [0.1, 0.15) is 0 Å². The highest BCUT2D eigenvalue weighted by atomic mass is 79.9. The summed E-state index contributed by atoms with van der Waals surface area (Å²) >= 11 is 3.54. The predicted octanol–water partition coefficient (Wildman–Crippen LogP) is 4.89. The van der Waals surface area contributed by atoms with E-state index in [9.17, 15) is 0 Å². The van der Waals surface area contributed by atoms with Crippen molar-refractivity contribution in [2.75, 3.05) is 5.32 Å². The fourth-order valence-electron chi connectivity index (χ4n) is 2.43. The molecule has 0 aliphatic rings. The molecule has 0 radical (unpaired) electrons. The van der Waals surface area contributed by atoms with E-state index in [4.69, 9.17) is 0 Å². The van der Waals surface area contributed by atoms with Gasteiger partial charge in [-0.3, -0.25) is 5.10 Å². The molecule has 3 aromatic rings. The van der Waals surface area contributed by atoms with Crippen LogP contribution >= 0.6 is 15.9 Å². The number of nitrogens with zero attached hydrogens (tertiary/aromatic N) is 1. The van der Waals surface area contributed by atoms with Gasteiger partial charge in [0.25, 0.3) is 0 Å². The third-order valence-electron chi connectivity index (χ3n) is 3.47. The number of rotatable bonds is 4. The van der Waals surface area contributed by atoms with Crippen LogP contribution in [0.15, 0.2) is 53.1 Å². The van der Waals surface area contributed by atoms with Gasteiger partial charge in [-0.2, -0.15) is 5.10 Å². The number of halogens is 1. The highest BCUT2D eigenvalue weighted by Crippen LogP contribution is 2.28. The van der Waals surface area contributed by atoms with Gasteiger partial charge >= 0.3 is 0 Å². The monoisotopic (exact) mass is 329 g/mol. The maximum absolute atomic E-state index is 4.11. The second-order valence-electron chi connectivity index (χ2n) is 4.80. The summed E-state index contributed by atoms with van der Waals surface area (Å²) in [6, 6.07) is 14.9. The minimum atomic E-state index is 0.285. The highest BCUT2D eigenvalue weighted by molar-refractivity contribution is 9.10. The maximum Gasteiger partial charge on any atom is 0.0671 e. The van der Waals surface area contributed by atoms with E-state index in [1.165, 1.54) is 5.56 Å². The molecule has 0 saturated heterocycles. The van der Waals surface area contributed by atoms with Crippen LogP contribution in [0.2, 0.25) is 0 Å². The zero-order valence-corrected chi connectivity index (χ0v) is 12.8. The normalized spacial score (nSPS) is 12.5. The second kappa shape index (κ2) is 5.67. The molecule has 0 saturated carbocycles. The highest BCUT2D eigenvalue weighted by Gasteiger charge is 2.11. The molecule has 3 rings (SSSR count). The zero-order valence-electron chi connectivity index (χ0n) is 11.2. The Morgan fingerprint density at radius 2 is 2.10 bits per heavy atom. The van der Waals surface area contributed by atoms with Crippen LogP contribution < -0.4 is 5.32 Å². The van der Waals surface area contributed by atoms with E-state index in [0.29, 0.717) is 0 Å². The number of aromatic amines is 1. The lowest BCUT2D eigenvalue weighted by molar-refractivity contribution is 0.750. The van der Waals surface area contributed by atoms with Gasteiger partial charge < -0.3 is 5.32 Å². The van der Waals surface area contributed by atoms with Gasteiger partial charge in [0, 0.05) is 15.5 Å². The standard InChI is InChI=1S/C16H16BrN3/c1-2-14(11-5-3-6-12(17)9-11)19-15-7-4-8-16-13(15)10-18-20-16/h3-10,14,19H,2H2,1H3,(H,18,20). The number of aromatic nitrogens is 2. The lowest BCUT2D eigenvalue weighted by atomic mass is 10.0. The van der Waals surface area contributed by atoms with E-state index in [1.807, 2.05) is 24.4 Å². The van der Waals surface area contributed by atoms with Gasteiger partial charge in [0.2, 0.25) is 0 Å². The van der Waals surface area contributed by atoms with Crippen LogP contribution in [0, 0.1) is 0 Å². The number of hydrogen-bond donors (Lipinski definition) is 2. The van der Waals surface area contributed by atoms with Gasteiger partial charge in [-0.05, 0) is 36.2 Å². The quantitative estimate of drug-likeness (QED) is 0.715. The number of fused-ring (bicyclic) bond motifs is 1. The summed E-state index contributed by atoms with van der Waals surface area (Å²) in [7, 11) is 0. The van der Waals surface area contributed by atoms with Crippen molar-refractivity contribution in [3.63, 3.8) is 0 Å². The molecule has 2 N–H and O–H groups in total. The second-order valence-corrected chi connectivity index (χ2v) is 5.71. The van der Waals surface area contributed by atoms with Crippen molar-refractivity contribution in [3.05, 3.63) is 58.7 Å². The SMILES string of the molecule is CCC(Nc1cccc2[nH]ncc12)c1cccc(Br)c1. The van der Waals surface area contributed by atoms with Crippen molar-refractivity contribution < 1.29 is 0 Å². The molecule has 1 heterocycles. The summed E-state index contributed by atoms with van der Waals surface area (Å²) in [6.07, 6.45) is 2.88. The number of benzene rings is 2. The number of hydrogen-bond acceptors (Lipinski definition) is 2. The van der Waals surface area contributed by atoms with Crippen LogP contribution in [-0.2, 0) is 0 Å². The summed E-state index contributed by atoms with van der Waals surface area (Å²) in [5.41, 5.74) is 3.45. The average molecular weight is 330 g/mol. The first kappa shape index (κ1) is 13.2. The first-order valence-electron chi connectivity index (χ1n) is 6.72. The minimum Gasteiger partial charge on any atom is -0.378 e. The molecule has 1 unspecified atom stereocenters. The van der Waals surface area contributed by atoms with Crippen molar-refractivity contribution >= 4 is 32.5 Å². The van der Waals surface area contributed by atoms with Crippen LogP contribution in [0.4, 0.5) is 5.69 Å². The predicted molar refractivity (Wildman–Crippen MR) is 86.9 cm³/mol. The molecule has 3 nitrogen and oxygen atoms in total. The molecule has 20 heavy (non-hydrogen) atoms. The Morgan fingerprint density at radius 1 is 1.25 bits per heavy atom. The summed E-state index contributed by atoms with van der Waals surface area (Å²) < 4.78 is 1.11. The van der Waals surface area contributed by atoms with Crippen LogP contribution in [0.3, 0.4) is 0 Å². The third-order valence-corrected chi connectivity index (χ3v) is 3.97. The Morgan fingerprint density at radius 3 is 2.90 bits per heavy atom. The Bertz CT molecular complexity index is 720. The topological polar surface area (TPSA) is 40.7 Å². The molecule has 2 aromatic carbocycles. The number of nitrogens with one attached hydrogen (secondary N) is 2. The molecule has 0 amide bonds. The zero-order chi connectivity index (χ0) is 13.9. The molecule has 0 bridgehead atoms. The van der Waals surface area contributed by atoms with Crippen molar-refractivity contribution in [1.82, 2.24) is 10.2 Å². The Hall–Kier alpha value is -1.81. The average Bonchev–Trinajstić information content (AvgIpc) is 2.94.